The van der Waals surface area contributed by atoms with Crippen LogP contribution in [0.15, 0.2) is 45.4 Å². The third kappa shape index (κ3) is 3.76. The summed E-state index contributed by atoms with van der Waals surface area (Å²) in [7, 11) is 0. The summed E-state index contributed by atoms with van der Waals surface area (Å²) in [5.41, 5.74) is 2.03. The first-order valence-electron chi connectivity index (χ1n) is 6.78. The molecule has 0 unspecified atom stereocenters. The number of benzene rings is 1. The monoisotopic (exact) mass is 284 g/mol. The Hall–Kier alpha value is -2.47. The van der Waals surface area contributed by atoms with Gasteiger partial charge in [-0.1, -0.05) is 40.6 Å². The van der Waals surface area contributed by atoms with Gasteiger partial charge in [0.25, 0.3) is 0 Å². The van der Waals surface area contributed by atoms with E-state index in [9.17, 15) is 0 Å². The molecule has 0 fully saturated rings. The first kappa shape index (κ1) is 13.5. The van der Waals surface area contributed by atoms with Crippen LogP contribution in [0, 0.1) is 6.92 Å². The minimum absolute atomic E-state index is 0.502. The fourth-order valence-electron chi connectivity index (χ4n) is 2.00. The molecular weight excluding hydrogens is 268 g/mol. The Morgan fingerprint density at radius 1 is 1.05 bits per heavy atom. The Labute approximate surface area is 122 Å². The lowest BCUT2D eigenvalue weighted by molar-refractivity contribution is 0.346. The van der Waals surface area contributed by atoms with E-state index in [1.54, 1.807) is 0 Å². The molecule has 108 valence electrons. The van der Waals surface area contributed by atoms with Gasteiger partial charge in [-0.05, 0) is 12.5 Å². The van der Waals surface area contributed by atoms with Gasteiger partial charge in [0.1, 0.15) is 0 Å². The van der Waals surface area contributed by atoms with Crippen LogP contribution in [0.4, 0.5) is 0 Å². The van der Waals surface area contributed by atoms with Gasteiger partial charge in [-0.3, -0.25) is 0 Å². The molecule has 0 aliphatic heterocycles. The second-order valence-corrected chi connectivity index (χ2v) is 4.80. The summed E-state index contributed by atoms with van der Waals surface area (Å²) in [4.78, 5) is 4.36. The highest BCUT2D eigenvalue weighted by Crippen LogP contribution is 2.07. The molecule has 3 aromatic rings. The molecule has 0 saturated heterocycles. The standard InChI is InChI=1S/C15H16N4O2/c1-11-7-13(20-18-11)9-16-10-15-17-14(19-21-15)8-12-5-3-2-4-6-12/h2-7,16H,8-10H2,1H3. The van der Waals surface area contributed by atoms with Crippen LogP contribution >= 0.6 is 0 Å². The van der Waals surface area contributed by atoms with Gasteiger partial charge < -0.3 is 14.4 Å². The van der Waals surface area contributed by atoms with E-state index in [-0.39, 0.29) is 0 Å². The Morgan fingerprint density at radius 3 is 2.67 bits per heavy atom. The molecule has 1 N–H and O–H groups in total. The molecule has 0 saturated carbocycles. The lowest BCUT2D eigenvalue weighted by Crippen LogP contribution is -2.12. The number of nitrogens with one attached hydrogen (secondary N) is 1. The van der Waals surface area contributed by atoms with Crippen LogP contribution < -0.4 is 5.32 Å². The van der Waals surface area contributed by atoms with E-state index in [2.05, 4.69) is 20.6 Å². The molecule has 3 rings (SSSR count). The van der Waals surface area contributed by atoms with E-state index < -0.39 is 0 Å². The zero-order valence-electron chi connectivity index (χ0n) is 11.7. The highest BCUT2D eigenvalue weighted by atomic mass is 16.5. The van der Waals surface area contributed by atoms with Crippen molar-refractivity contribution in [3.05, 3.63) is 65.1 Å². The number of aryl methyl sites for hydroxylation is 1. The van der Waals surface area contributed by atoms with Gasteiger partial charge in [0.15, 0.2) is 11.6 Å². The van der Waals surface area contributed by atoms with Gasteiger partial charge in [0.2, 0.25) is 5.89 Å². The van der Waals surface area contributed by atoms with Crippen LogP contribution in [-0.2, 0) is 19.5 Å². The smallest absolute Gasteiger partial charge is 0.240 e. The van der Waals surface area contributed by atoms with Crippen molar-refractivity contribution < 1.29 is 9.05 Å². The molecule has 2 heterocycles. The Morgan fingerprint density at radius 2 is 1.90 bits per heavy atom. The maximum Gasteiger partial charge on any atom is 0.240 e. The van der Waals surface area contributed by atoms with E-state index >= 15 is 0 Å². The van der Waals surface area contributed by atoms with Crippen LogP contribution in [0.1, 0.15) is 28.7 Å². The van der Waals surface area contributed by atoms with Gasteiger partial charge in [-0.15, -0.1) is 0 Å². The van der Waals surface area contributed by atoms with E-state index in [1.165, 1.54) is 0 Å². The summed E-state index contributed by atoms with van der Waals surface area (Å²) in [5, 5.41) is 11.0. The number of hydrogen-bond donors (Lipinski definition) is 1. The van der Waals surface area contributed by atoms with Crippen LogP contribution in [-0.4, -0.2) is 15.3 Å². The van der Waals surface area contributed by atoms with Gasteiger partial charge in [0.05, 0.1) is 18.8 Å². The number of aromatic nitrogens is 3. The number of hydrogen-bond acceptors (Lipinski definition) is 6. The summed E-state index contributed by atoms with van der Waals surface area (Å²) in [6.45, 7) is 2.97. The average molecular weight is 284 g/mol. The van der Waals surface area contributed by atoms with Crippen LogP contribution in [0.2, 0.25) is 0 Å². The third-order valence-electron chi connectivity index (χ3n) is 2.97. The second-order valence-electron chi connectivity index (χ2n) is 4.80. The highest BCUT2D eigenvalue weighted by molar-refractivity contribution is 5.18. The molecule has 0 radical (unpaired) electrons. The van der Waals surface area contributed by atoms with Crippen molar-refractivity contribution in [1.29, 1.82) is 0 Å². The van der Waals surface area contributed by atoms with Crippen molar-refractivity contribution in [3.63, 3.8) is 0 Å². The lowest BCUT2D eigenvalue weighted by atomic mass is 10.1. The number of nitrogens with zero attached hydrogens (tertiary/aromatic N) is 3. The van der Waals surface area contributed by atoms with Crippen molar-refractivity contribution in [3.8, 4) is 0 Å². The topological polar surface area (TPSA) is 77.0 Å². The second kappa shape index (κ2) is 6.32. The molecule has 2 aromatic heterocycles. The molecule has 0 aliphatic rings. The normalized spacial score (nSPS) is 10.9. The first-order valence-corrected chi connectivity index (χ1v) is 6.78. The maximum atomic E-state index is 5.21. The largest absolute Gasteiger partial charge is 0.360 e. The SMILES string of the molecule is Cc1cc(CNCc2nc(Cc3ccccc3)no2)on1. The molecule has 0 spiro atoms. The average Bonchev–Trinajstić information content (AvgIpc) is 3.10. The van der Waals surface area contributed by atoms with Crippen molar-refractivity contribution in [1.82, 2.24) is 20.6 Å². The highest BCUT2D eigenvalue weighted by Gasteiger charge is 2.07. The summed E-state index contributed by atoms with van der Waals surface area (Å²) in [6.07, 6.45) is 0.672. The molecule has 0 bridgehead atoms. The fourth-order valence-corrected chi connectivity index (χ4v) is 2.00. The molecule has 6 heteroatoms. The molecule has 0 atom stereocenters. The van der Waals surface area contributed by atoms with Crippen molar-refractivity contribution in [2.45, 2.75) is 26.4 Å². The van der Waals surface area contributed by atoms with Crippen molar-refractivity contribution in [2.75, 3.05) is 0 Å². The number of rotatable bonds is 6. The van der Waals surface area contributed by atoms with Gasteiger partial charge in [-0.25, -0.2) is 0 Å². The van der Waals surface area contributed by atoms with Crippen LogP contribution in [0.25, 0.3) is 0 Å². The van der Waals surface area contributed by atoms with Crippen LogP contribution in [0.5, 0.6) is 0 Å². The predicted molar refractivity (Wildman–Crippen MR) is 75.3 cm³/mol. The minimum atomic E-state index is 0.502. The lowest BCUT2D eigenvalue weighted by Gasteiger charge is -1.96. The van der Waals surface area contributed by atoms with Gasteiger partial charge in [-0.2, -0.15) is 4.98 Å². The molecule has 21 heavy (non-hydrogen) atoms. The summed E-state index contributed by atoms with van der Waals surface area (Å²) < 4.78 is 10.3. The van der Waals surface area contributed by atoms with Gasteiger partial charge >= 0.3 is 0 Å². The van der Waals surface area contributed by atoms with E-state index in [4.69, 9.17) is 9.05 Å². The summed E-state index contributed by atoms with van der Waals surface area (Å²) in [6, 6.07) is 12.0. The third-order valence-corrected chi connectivity index (χ3v) is 2.97. The zero-order valence-corrected chi connectivity index (χ0v) is 11.7. The molecule has 0 amide bonds. The van der Waals surface area contributed by atoms with Gasteiger partial charge in [0, 0.05) is 12.5 Å². The molecular formula is C15H16N4O2. The zero-order chi connectivity index (χ0) is 14.5. The predicted octanol–water partition coefficient (Wildman–Crippen LogP) is 2.25. The summed E-state index contributed by atoms with van der Waals surface area (Å²) >= 11 is 0. The Kier molecular flexibility index (Phi) is 4.07. The minimum Gasteiger partial charge on any atom is -0.360 e. The molecule has 1 aromatic carbocycles. The van der Waals surface area contributed by atoms with E-state index in [0.29, 0.717) is 31.2 Å². The first-order chi connectivity index (χ1) is 10.3. The van der Waals surface area contributed by atoms with Crippen molar-refractivity contribution >= 4 is 0 Å². The Balaban J connectivity index is 1.51. The quantitative estimate of drug-likeness (QED) is 0.748. The Bertz CT molecular complexity index is 691. The molecule has 6 nitrogen and oxygen atoms in total. The summed E-state index contributed by atoms with van der Waals surface area (Å²) in [5.74, 6) is 2.04. The molecule has 0 aliphatic carbocycles. The maximum absolute atomic E-state index is 5.21. The van der Waals surface area contributed by atoms with E-state index in [1.807, 2.05) is 43.3 Å². The van der Waals surface area contributed by atoms with E-state index in [0.717, 1.165) is 17.0 Å². The fraction of sp³-hybridized carbons (Fsp3) is 0.267. The van der Waals surface area contributed by atoms with Crippen molar-refractivity contribution in [2.24, 2.45) is 0 Å². The van der Waals surface area contributed by atoms with Crippen LogP contribution in [0.3, 0.4) is 0 Å².